The van der Waals surface area contributed by atoms with Crippen molar-refractivity contribution in [2.24, 2.45) is 4.99 Å². The van der Waals surface area contributed by atoms with Crippen molar-refractivity contribution in [3.63, 3.8) is 0 Å². The lowest BCUT2D eigenvalue weighted by Crippen LogP contribution is -2.40. The Bertz CT molecular complexity index is 646. The predicted octanol–water partition coefficient (Wildman–Crippen LogP) is 2.94. The topological polar surface area (TPSA) is 79.6 Å². The third-order valence-corrected chi connectivity index (χ3v) is 6.47. The van der Waals surface area contributed by atoms with Crippen molar-refractivity contribution >= 4 is 41.7 Å². The fraction of sp³-hybridized carbons (Fsp3) is 0.857. The number of aromatic nitrogens is 3. The molecule has 1 saturated heterocycles. The Labute approximate surface area is 208 Å². The molecule has 0 radical (unpaired) electrons. The van der Waals surface area contributed by atoms with Gasteiger partial charge in [0.25, 0.3) is 0 Å². The first-order valence-electron chi connectivity index (χ1n) is 11.6. The Morgan fingerprint density at radius 1 is 1.16 bits per heavy atom. The first kappa shape index (κ1) is 26.7. The molecule has 8 nitrogen and oxygen atoms in total. The van der Waals surface area contributed by atoms with Crippen molar-refractivity contribution in [2.75, 3.05) is 58.7 Å². The molecular formula is C21H40IN7OS. The van der Waals surface area contributed by atoms with Gasteiger partial charge in [0.05, 0.1) is 13.2 Å². The van der Waals surface area contributed by atoms with E-state index >= 15 is 0 Å². The lowest BCUT2D eigenvalue weighted by atomic mass is 10.2. The van der Waals surface area contributed by atoms with E-state index in [0.29, 0.717) is 6.04 Å². The highest BCUT2D eigenvalue weighted by molar-refractivity contribution is 14.0. The van der Waals surface area contributed by atoms with Crippen molar-refractivity contribution in [1.29, 1.82) is 0 Å². The molecule has 0 unspecified atom stereocenters. The van der Waals surface area contributed by atoms with Gasteiger partial charge in [-0.05, 0) is 45.4 Å². The summed E-state index contributed by atoms with van der Waals surface area (Å²) in [4.78, 5) is 7.24. The molecule has 10 heteroatoms. The molecule has 1 aliphatic carbocycles. The average molecular weight is 566 g/mol. The fourth-order valence-corrected chi connectivity index (χ4v) is 4.82. The van der Waals surface area contributed by atoms with Gasteiger partial charge >= 0.3 is 0 Å². The number of ether oxygens (including phenoxy) is 1. The van der Waals surface area contributed by atoms with Crippen molar-refractivity contribution in [1.82, 2.24) is 30.3 Å². The van der Waals surface area contributed by atoms with Crippen LogP contribution in [-0.4, -0.2) is 84.4 Å². The van der Waals surface area contributed by atoms with E-state index in [1.807, 2.05) is 0 Å². The second-order valence-corrected chi connectivity index (χ2v) is 8.78. The first-order valence-corrected chi connectivity index (χ1v) is 12.8. The van der Waals surface area contributed by atoms with E-state index in [1.54, 1.807) is 11.8 Å². The standard InChI is InChI=1S/C21H39N7OS.HI/c1-3-22-20(24-12-7-13-27-14-16-29-17-15-27)23-11-6-10-19-25-26-21(30-2)28(19)18-8-4-5-9-18;/h18H,3-17H2,1-2H3,(H2,22,23,24);1H. The molecule has 31 heavy (non-hydrogen) atoms. The molecule has 2 N–H and O–H groups in total. The average Bonchev–Trinajstić information content (AvgIpc) is 3.44. The molecule has 1 aromatic rings. The van der Waals surface area contributed by atoms with Crippen molar-refractivity contribution < 1.29 is 4.74 Å². The van der Waals surface area contributed by atoms with E-state index in [2.05, 4.69) is 43.5 Å². The van der Waals surface area contributed by atoms with Crippen LogP contribution in [0.3, 0.4) is 0 Å². The van der Waals surface area contributed by atoms with Gasteiger partial charge < -0.3 is 19.9 Å². The maximum absolute atomic E-state index is 5.41. The van der Waals surface area contributed by atoms with E-state index in [1.165, 1.54) is 25.7 Å². The van der Waals surface area contributed by atoms with Crippen LogP contribution in [0.2, 0.25) is 0 Å². The number of nitrogens with zero attached hydrogens (tertiary/aromatic N) is 5. The minimum atomic E-state index is 0. The molecule has 2 aliphatic rings. The van der Waals surface area contributed by atoms with Crippen LogP contribution in [0.4, 0.5) is 0 Å². The SMILES string of the molecule is CCNC(=NCCCc1nnc(SC)n1C1CCCC1)NCCCN1CCOCC1.I. The van der Waals surface area contributed by atoms with E-state index < -0.39 is 0 Å². The van der Waals surface area contributed by atoms with Gasteiger partial charge in [-0.15, -0.1) is 34.2 Å². The van der Waals surface area contributed by atoms with Gasteiger partial charge in [0.1, 0.15) is 5.82 Å². The quantitative estimate of drug-likeness (QED) is 0.141. The second-order valence-electron chi connectivity index (χ2n) is 8.01. The van der Waals surface area contributed by atoms with Crippen molar-refractivity contribution in [2.45, 2.75) is 63.1 Å². The summed E-state index contributed by atoms with van der Waals surface area (Å²) >= 11 is 1.71. The van der Waals surface area contributed by atoms with Gasteiger partial charge in [0.15, 0.2) is 11.1 Å². The maximum atomic E-state index is 5.41. The number of hydrogen-bond acceptors (Lipinski definition) is 6. The van der Waals surface area contributed by atoms with Crippen LogP contribution in [0.1, 0.15) is 57.3 Å². The molecule has 0 spiro atoms. The Morgan fingerprint density at radius 2 is 1.94 bits per heavy atom. The van der Waals surface area contributed by atoms with Gasteiger partial charge in [-0.3, -0.25) is 9.89 Å². The summed E-state index contributed by atoms with van der Waals surface area (Å²) in [5.41, 5.74) is 0. The molecule has 178 valence electrons. The van der Waals surface area contributed by atoms with Gasteiger partial charge in [-0.1, -0.05) is 24.6 Å². The maximum Gasteiger partial charge on any atom is 0.191 e. The third kappa shape index (κ3) is 8.70. The van der Waals surface area contributed by atoms with Gasteiger partial charge in [0.2, 0.25) is 0 Å². The zero-order valence-electron chi connectivity index (χ0n) is 19.1. The minimum absolute atomic E-state index is 0. The van der Waals surface area contributed by atoms with Gasteiger partial charge in [-0.25, -0.2) is 0 Å². The summed E-state index contributed by atoms with van der Waals surface area (Å²) in [6.07, 6.45) is 10.3. The van der Waals surface area contributed by atoms with E-state index in [4.69, 9.17) is 9.73 Å². The Balaban J connectivity index is 0.00000341. The molecule has 0 aromatic carbocycles. The molecule has 2 heterocycles. The van der Waals surface area contributed by atoms with Crippen molar-refractivity contribution in [3.8, 4) is 0 Å². The summed E-state index contributed by atoms with van der Waals surface area (Å²) in [5.74, 6) is 2.05. The molecule has 3 rings (SSSR count). The fourth-order valence-electron chi connectivity index (χ4n) is 4.25. The largest absolute Gasteiger partial charge is 0.379 e. The van der Waals surface area contributed by atoms with E-state index in [9.17, 15) is 0 Å². The van der Waals surface area contributed by atoms with Crippen LogP contribution in [0, 0.1) is 0 Å². The highest BCUT2D eigenvalue weighted by Gasteiger charge is 2.23. The number of rotatable bonds is 11. The van der Waals surface area contributed by atoms with Gasteiger partial charge in [-0.2, -0.15) is 0 Å². The second kappa shape index (κ2) is 15.3. The molecule has 1 aliphatic heterocycles. The summed E-state index contributed by atoms with van der Waals surface area (Å²) in [7, 11) is 0. The zero-order valence-corrected chi connectivity index (χ0v) is 22.3. The third-order valence-electron chi connectivity index (χ3n) is 5.83. The van der Waals surface area contributed by atoms with Crippen LogP contribution < -0.4 is 10.6 Å². The molecular weight excluding hydrogens is 525 g/mol. The molecule has 0 amide bonds. The molecule has 2 fully saturated rings. The monoisotopic (exact) mass is 565 g/mol. The van der Waals surface area contributed by atoms with Crippen LogP contribution >= 0.6 is 35.7 Å². The lowest BCUT2D eigenvalue weighted by molar-refractivity contribution is 0.0376. The van der Waals surface area contributed by atoms with Gasteiger partial charge in [0, 0.05) is 45.2 Å². The number of aryl methyl sites for hydroxylation is 1. The molecule has 0 bridgehead atoms. The Hall–Kier alpha value is -0.590. The van der Waals surface area contributed by atoms with E-state index in [0.717, 1.165) is 88.7 Å². The van der Waals surface area contributed by atoms with E-state index in [-0.39, 0.29) is 24.0 Å². The molecule has 1 aromatic heterocycles. The van der Waals surface area contributed by atoms with Crippen LogP contribution in [0.25, 0.3) is 0 Å². The number of guanidine groups is 1. The Morgan fingerprint density at radius 3 is 2.65 bits per heavy atom. The lowest BCUT2D eigenvalue weighted by Gasteiger charge is -2.26. The predicted molar refractivity (Wildman–Crippen MR) is 139 cm³/mol. The Kier molecular flexibility index (Phi) is 13.1. The number of morpholine rings is 1. The summed E-state index contributed by atoms with van der Waals surface area (Å²) in [6.45, 7) is 9.68. The first-order chi connectivity index (χ1) is 14.8. The van der Waals surface area contributed by atoms with Crippen molar-refractivity contribution in [3.05, 3.63) is 5.82 Å². The number of nitrogens with one attached hydrogen (secondary N) is 2. The zero-order chi connectivity index (χ0) is 21.0. The van der Waals surface area contributed by atoms with Crippen LogP contribution in [-0.2, 0) is 11.2 Å². The number of aliphatic imine (C=N–C) groups is 1. The molecule has 1 saturated carbocycles. The number of hydrogen-bond donors (Lipinski definition) is 2. The van der Waals surface area contributed by atoms with Crippen LogP contribution in [0.5, 0.6) is 0 Å². The summed E-state index contributed by atoms with van der Waals surface area (Å²) < 4.78 is 7.81. The smallest absolute Gasteiger partial charge is 0.191 e. The highest BCUT2D eigenvalue weighted by Crippen LogP contribution is 2.33. The summed E-state index contributed by atoms with van der Waals surface area (Å²) in [5, 5.41) is 16.8. The number of thioether (sulfide) groups is 1. The molecule has 0 atom stereocenters. The number of halogens is 1. The highest BCUT2D eigenvalue weighted by atomic mass is 127. The normalized spacial score (nSPS) is 18.2. The van der Waals surface area contributed by atoms with Crippen LogP contribution in [0.15, 0.2) is 10.1 Å². The summed E-state index contributed by atoms with van der Waals surface area (Å²) in [6, 6.07) is 0.589. The minimum Gasteiger partial charge on any atom is -0.379 e.